The van der Waals surface area contributed by atoms with Crippen molar-refractivity contribution in [1.82, 2.24) is 14.7 Å². The molecule has 0 radical (unpaired) electrons. The zero-order valence-electron chi connectivity index (χ0n) is 16.3. The third kappa shape index (κ3) is 5.44. The maximum Gasteiger partial charge on any atom is 0.229 e. The molecule has 29 heavy (non-hydrogen) atoms. The Morgan fingerprint density at radius 1 is 1.10 bits per heavy atom. The van der Waals surface area contributed by atoms with Crippen LogP contribution in [0.15, 0.2) is 53.6 Å². The van der Waals surface area contributed by atoms with Crippen LogP contribution in [0.25, 0.3) is 0 Å². The van der Waals surface area contributed by atoms with Gasteiger partial charge in [0.15, 0.2) is 5.82 Å². The first-order valence-electron chi connectivity index (χ1n) is 8.94. The van der Waals surface area contributed by atoms with Gasteiger partial charge in [0.25, 0.3) is 0 Å². The number of aromatic nitrogens is 2. The Balaban J connectivity index is 1.87. The molecule has 0 aliphatic rings. The molecule has 0 amide bonds. The topological polar surface area (TPSA) is 80.3 Å². The zero-order chi connectivity index (χ0) is 20.6. The minimum absolute atomic E-state index is 0.377. The summed E-state index contributed by atoms with van der Waals surface area (Å²) in [4.78, 5) is 9.82. The number of para-hydroxylation sites is 1. The molecule has 1 aromatic heterocycles. The van der Waals surface area contributed by atoms with Crippen LogP contribution in [0.1, 0.15) is 6.92 Å². The molecule has 3 aromatic rings. The first-order chi connectivity index (χ1) is 14.1. The van der Waals surface area contributed by atoms with Crippen molar-refractivity contribution in [3.8, 4) is 11.5 Å². The zero-order valence-corrected chi connectivity index (χ0v) is 17.9. The van der Waals surface area contributed by atoms with E-state index in [1.165, 1.54) is 11.9 Å². The number of halogens is 1. The standard InChI is InChI=1S/C20H22ClN5O2S/c1-4-28-13-9-10-17(27-3)16(11-13)25-20-23-12-14(21)19(26-20)24-15-7-5-6-8-18(15)29-22-2/h5-12,22H,4H2,1-3H3,(H2,23,24,25,26). The molecule has 152 valence electrons. The minimum atomic E-state index is 0.377. The summed E-state index contributed by atoms with van der Waals surface area (Å²) in [6.45, 7) is 2.50. The van der Waals surface area contributed by atoms with E-state index in [2.05, 4.69) is 25.3 Å². The highest BCUT2D eigenvalue weighted by molar-refractivity contribution is 7.97. The molecule has 0 bridgehead atoms. The van der Waals surface area contributed by atoms with Crippen LogP contribution in [-0.4, -0.2) is 30.7 Å². The van der Waals surface area contributed by atoms with Gasteiger partial charge in [-0.05, 0) is 50.2 Å². The van der Waals surface area contributed by atoms with Gasteiger partial charge in [-0.2, -0.15) is 4.98 Å². The van der Waals surface area contributed by atoms with E-state index in [9.17, 15) is 0 Å². The molecule has 2 aromatic carbocycles. The highest BCUT2D eigenvalue weighted by atomic mass is 35.5. The number of hydrogen-bond acceptors (Lipinski definition) is 8. The summed E-state index contributed by atoms with van der Waals surface area (Å²) >= 11 is 7.82. The maximum atomic E-state index is 6.32. The largest absolute Gasteiger partial charge is 0.495 e. The van der Waals surface area contributed by atoms with Gasteiger partial charge in [-0.1, -0.05) is 23.7 Å². The number of nitrogens with zero attached hydrogens (tertiary/aromatic N) is 2. The van der Waals surface area contributed by atoms with Crippen molar-refractivity contribution in [2.24, 2.45) is 0 Å². The Hall–Kier alpha value is -2.68. The van der Waals surface area contributed by atoms with Crippen LogP contribution in [0.4, 0.5) is 23.1 Å². The molecule has 3 rings (SSSR count). The van der Waals surface area contributed by atoms with Crippen LogP contribution >= 0.6 is 23.5 Å². The van der Waals surface area contributed by atoms with E-state index in [0.717, 1.165) is 16.3 Å². The number of nitrogens with one attached hydrogen (secondary N) is 3. The van der Waals surface area contributed by atoms with Gasteiger partial charge >= 0.3 is 0 Å². The van der Waals surface area contributed by atoms with Crippen LogP contribution < -0.4 is 24.8 Å². The van der Waals surface area contributed by atoms with E-state index < -0.39 is 0 Å². The Morgan fingerprint density at radius 3 is 2.69 bits per heavy atom. The molecule has 0 aliphatic carbocycles. The highest BCUT2D eigenvalue weighted by Crippen LogP contribution is 2.33. The molecule has 0 aliphatic heterocycles. The first-order valence-corrected chi connectivity index (χ1v) is 10.1. The fourth-order valence-corrected chi connectivity index (χ4v) is 3.31. The summed E-state index contributed by atoms with van der Waals surface area (Å²) in [5, 5.41) is 6.86. The lowest BCUT2D eigenvalue weighted by atomic mass is 10.2. The van der Waals surface area contributed by atoms with Crippen molar-refractivity contribution in [2.45, 2.75) is 11.8 Å². The van der Waals surface area contributed by atoms with Crippen LogP contribution in [0.3, 0.4) is 0 Å². The summed E-state index contributed by atoms with van der Waals surface area (Å²) < 4.78 is 14.1. The molecule has 0 spiro atoms. The summed E-state index contributed by atoms with van der Waals surface area (Å²) in [5.41, 5.74) is 1.58. The van der Waals surface area contributed by atoms with E-state index in [4.69, 9.17) is 21.1 Å². The molecule has 9 heteroatoms. The molecule has 0 atom stereocenters. The van der Waals surface area contributed by atoms with Crippen molar-refractivity contribution in [3.05, 3.63) is 53.7 Å². The molecule has 1 heterocycles. The lowest BCUT2D eigenvalue weighted by Crippen LogP contribution is -2.04. The highest BCUT2D eigenvalue weighted by Gasteiger charge is 2.11. The van der Waals surface area contributed by atoms with Gasteiger partial charge in [-0.3, -0.25) is 4.72 Å². The van der Waals surface area contributed by atoms with Gasteiger partial charge in [-0.15, -0.1) is 0 Å². The molecular formula is C20H22ClN5O2S. The van der Waals surface area contributed by atoms with Crippen molar-refractivity contribution in [1.29, 1.82) is 0 Å². The smallest absolute Gasteiger partial charge is 0.229 e. The number of benzene rings is 2. The van der Waals surface area contributed by atoms with Gasteiger partial charge in [-0.25, -0.2) is 4.98 Å². The second kappa shape index (κ2) is 10.2. The molecule has 3 N–H and O–H groups in total. The Morgan fingerprint density at radius 2 is 1.93 bits per heavy atom. The fraction of sp³-hybridized carbons (Fsp3) is 0.200. The van der Waals surface area contributed by atoms with Crippen molar-refractivity contribution in [2.75, 3.05) is 31.4 Å². The lowest BCUT2D eigenvalue weighted by Gasteiger charge is -2.14. The molecular weight excluding hydrogens is 410 g/mol. The van der Waals surface area contributed by atoms with Gasteiger partial charge in [0.2, 0.25) is 5.95 Å². The first kappa shape index (κ1) is 21.0. The number of anilines is 4. The van der Waals surface area contributed by atoms with E-state index in [1.54, 1.807) is 13.3 Å². The monoisotopic (exact) mass is 431 g/mol. The van der Waals surface area contributed by atoms with Crippen molar-refractivity contribution in [3.63, 3.8) is 0 Å². The second-order valence-electron chi connectivity index (χ2n) is 5.74. The lowest BCUT2D eigenvalue weighted by molar-refractivity contribution is 0.339. The molecule has 0 unspecified atom stereocenters. The normalized spacial score (nSPS) is 10.5. The van der Waals surface area contributed by atoms with E-state index in [-0.39, 0.29) is 0 Å². The van der Waals surface area contributed by atoms with Crippen LogP contribution in [-0.2, 0) is 0 Å². The molecule has 0 saturated carbocycles. The van der Waals surface area contributed by atoms with Gasteiger partial charge in [0, 0.05) is 11.0 Å². The minimum Gasteiger partial charge on any atom is -0.495 e. The molecule has 0 fully saturated rings. The summed E-state index contributed by atoms with van der Waals surface area (Å²) in [6.07, 6.45) is 1.55. The average Bonchev–Trinajstić information content (AvgIpc) is 2.72. The predicted molar refractivity (Wildman–Crippen MR) is 119 cm³/mol. The Labute approximate surface area is 179 Å². The van der Waals surface area contributed by atoms with E-state index in [1.807, 2.05) is 56.4 Å². The SMILES string of the molecule is CCOc1ccc(OC)c(Nc2ncc(Cl)c(Nc3ccccc3SNC)n2)c1. The third-order valence-electron chi connectivity index (χ3n) is 3.82. The van der Waals surface area contributed by atoms with Crippen LogP contribution in [0, 0.1) is 0 Å². The average molecular weight is 432 g/mol. The number of hydrogen-bond donors (Lipinski definition) is 3. The van der Waals surface area contributed by atoms with Gasteiger partial charge in [0.05, 0.1) is 31.3 Å². The van der Waals surface area contributed by atoms with Crippen LogP contribution in [0.5, 0.6) is 11.5 Å². The Kier molecular flexibility index (Phi) is 7.40. The predicted octanol–water partition coefficient (Wildman–Crippen LogP) is 5.25. The fourth-order valence-electron chi connectivity index (χ4n) is 2.57. The summed E-state index contributed by atoms with van der Waals surface area (Å²) in [5.74, 6) is 2.24. The summed E-state index contributed by atoms with van der Waals surface area (Å²) in [7, 11) is 3.47. The Bertz CT molecular complexity index is 973. The second-order valence-corrected chi connectivity index (χ2v) is 7.20. The quantitative estimate of drug-likeness (QED) is 0.396. The van der Waals surface area contributed by atoms with Crippen molar-refractivity contribution >= 4 is 46.7 Å². The molecule has 0 saturated heterocycles. The number of rotatable bonds is 9. The van der Waals surface area contributed by atoms with Gasteiger partial charge in [0.1, 0.15) is 16.5 Å². The third-order valence-corrected chi connectivity index (χ3v) is 4.88. The van der Waals surface area contributed by atoms with Gasteiger partial charge < -0.3 is 20.1 Å². The van der Waals surface area contributed by atoms with E-state index >= 15 is 0 Å². The maximum absolute atomic E-state index is 6.32. The van der Waals surface area contributed by atoms with Crippen LogP contribution in [0.2, 0.25) is 5.02 Å². The van der Waals surface area contributed by atoms with E-state index in [0.29, 0.717) is 34.8 Å². The summed E-state index contributed by atoms with van der Waals surface area (Å²) in [6, 6.07) is 13.4. The number of methoxy groups -OCH3 is 1. The number of ether oxygens (including phenoxy) is 2. The molecule has 7 nitrogen and oxygen atoms in total. The van der Waals surface area contributed by atoms with Crippen molar-refractivity contribution < 1.29 is 9.47 Å².